The maximum Gasteiger partial charge on any atom is 0.287 e. The highest BCUT2D eigenvalue weighted by atomic mass is 35.5. The molecule has 1 heterocycles. The van der Waals surface area contributed by atoms with Crippen molar-refractivity contribution in [2.75, 3.05) is 5.32 Å². The Balaban J connectivity index is 2.12. The zero-order chi connectivity index (χ0) is 14.5. The third kappa shape index (κ3) is 3.54. The van der Waals surface area contributed by atoms with E-state index in [0.29, 0.717) is 24.2 Å². The molecule has 0 saturated heterocycles. The fourth-order valence-corrected chi connectivity index (χ4v) is 2.96. The van der Waals surface area contributed by atoms with E-state index in [1.54, 1.807) is 6.20 Å². The van der Waals surface area contributed by atoms with Crippen molar-refractivity contribution in [2.45, 2.75) is 65.0 Å². The summed E-state index contributed by atoms with van der Waals surface area (Å²) in [7, 11) is 0. The van der Waals surface area contributed by atoms with E-state index in [2.05, 4.69) is 24.3 Å². The summed E-state index contributed by atoms with van der Waals surface area (Å²) >= 11 is 6.21. The lowest BCUT2D eigenvalue weighted by molar-refractivity contribution is 0.349. The summed E-state index contributed by atoms with van der Waals surface area (Å²) in [5.74, 6) is 0.613. The molecule has 1 aromatic heterocycles. The minimum absolute atomic E-state index is 0.187. The van der Waals surface area contributed by atoms with Gasteiger partial charge < -0.3 is 5.32 Å². The van der Waals surface area contributed by atoms with Crippen molar-refractivity contribution in [3.63, 3.8) is 0 Å². The standard InChI is InChI=1S/C15H24ClN3O/c1-3-4-9-19-15(20)14(16)13(10-17-19)18-12-8-6-5-7-11(12)2/h10-12,18H,3-9H2,1-2H3. The summed E-state index contributed by atoms with van der Waals surface area (Å²) in [4.78, 5) is 12.1. The number of nitrogens with one attached hydrogen (secondary N) is 1. The van der Waals surface area contributed by atoms with Gasteiger partial charge in [-0.2, -0.15) is 5.10 Å². The highest BCUT2D eigenvalue weighted by Gasteiger charge is 2.22. The van der Waals surface area contributed by atoms with Crippen LogP contribution in [0, 0.1) is 5.92 Å². The third-order valence-corrected chi connectivity index (χ3v) is 4.53. The van der Waals surface area contributed by atoms with Crippen LogP contribution in [0.2, 0.25) is 5.02 Å². The van der Waals surface area contributed by atoms with Gasteiger partial charge in [0.25, 0.3) is 5.56 Å². The van der Waals surface area contributed by atoms with E-state index in [0.717, 1.165) is 19.3 Å². The molecular weight excluding hydrogens is 274 g/mol. The Kier molecular flexibility index (Phi) is 5.46. The Bertz CT molecular complexity index is 500. The summed E-state index contributed by atoms with van der Waals surface area (Å²) in [6.07, 6.45) is 8.57. The third-order valence-electron chi connectivity index (χ3n) is 4.16. The van der Waals surface area contributed by atoms with Crippen molar-refractivity contribution in [1.82, 2.24) is 9.78 Å². The van der Waals surface area contributed by atoms with Gasteiger partial charge in [0.15, 0.2) is 0 Å². The first-order chi connectivity index (χ1) is 9.63. The largest absolute Gasteiger partial charge is 0.379 e. The van der Waals surface area contributed by atoms with Crippen molar-refractivity contribution in [1.29, 1.82) is 0 Å². The molecule has 0 aromatic carbocycles. The molecular formula is C15H24ClN3O. The maximum atomic E-state index is 12.1. The molecule has 1 aliphatic carbocycles. The Morgan fingerprint density at radius 2 is 2.20 bits per heavy atom. The molecule has 0 aliphatic heterocycles. The molecule has 1 aromatic rings. The summed E-state index contributed by atoms with van der Waals surface area (Å²) in [5.41, 5.74) is 0.497. The van der Waals surface area contributed by atoms with Gasteiger partial charge in [-0.1, -0.05) is 44.7 Å². The Labute approximate surface area is 125 Å². The van der Waals surface area contributed by atoms with E-state index < -0.39 is 0 Å². The number of unbranched alkanes of at least 4 members (excludes halogenated alkanes) is 1. The topological polar surface area (TPSA) is 46.9 Å². The molecule has 0 spiro atoms. The molecule has 1 aliphatic rings. The predicted octanol–water partition coefficient (Wildman–Crippen LogP) is 3.69. The van der Waals surface area contributed by atoms with Crippen molar-refractivity contribution in [3.05, 3.63) is 21.6 Å². The number of anilines is 1. The molecule has 1 fully saturated rings. The van der Waals surface area contributed by atoms with Crippen LogP contribution in [0.15, 0.2) is 11.0 Å². The summed E-state index contributed by atoms with van der Waals surface area (Å²) in [6.45, 7) is 4.98. The number of aromatic nitrogens is 2. The molecule has 1 N–H and O–H groups in total. The van der Waals surface area contributed by atoms with Gasteiger partial charge in [0.05, 0.1) is 11.9 Å². The lowest BCUT2D eigenvalue weighted by atomic mass is 9.86. The number of rotatable bonds is 5. The number of hydrogen-bond acceptors (Lipinski definition) is 3. The Morgan fingerprint density at radius 1 is 1.45 bits per heavy atom. The molecule has 2 atom stereocenters. The zero-order valence-corrected chi connectivity index (χ0v) is 13.1. The fraction of sp³-hybridized carbons (Fsp3) is 0.733. The van der Waals surface area contributed by atoms with E-state index >= 15 is 0 Å². The van der Waals surface area contributed by atoms with Crippen molar-refractivity contribution in [3.8, 4) is 0 Å². The monoisotopic (exact) mass is 297 g/mol. The van der Waals surface area contributed by atoms with Crippen molar-refractivity contribution >= 4 is 17.3 Å². The number of halogens is 1. The number of aryl methyl sites for hydroxylation is 1. The van der Waals surface area contributed by atoms with Crippen LogP contribution in [0.5, 0.6) is 0 Å². The van der Waals surface area contributed by atoms with Gasteiger partial charge in [-0.05, 0) is 25.2 Å². The molecule has 2 unspecified atom stereocenters. The van der Waals surface area contributed by atoms with Crippen LogP contribution < -0.4 is 10.9 Å². The van der Waals surface area contributed by atoms with Crippen LogP contribution in [0.25, 0.3) is 0 Å². The normalized spacial score (nSPS) is 22.8. The summed E-state index contributed by atoms with van der Waals surface area (Å²) < 4.78 is 1.46. The lowest BCUT2D eigenvalue weighted by Crippen LogP contribution is -2.32. The van der Waals surface area contributed by atoms with Crippen LogP contribution in [-0.4, -0.2) is 15.8 Å². The quantitative estimate of drug-likeness (QED) is 0.901. The molecule has 112 valence electrons. The average molecular weight is 298 g/mol. The van der Waals surface area contributed by atoms with Crippen molar-refractivity contribution < 1.29 is 0 Å². The minimum atomic E-state index is -0.187. The van der Waals surface area contributed by atoms with E-state index in [4.69, 9.17) is 11.6 Å². The van der Waals surface area contributed by atoms with E-state index in [1.807, 2.05) is 0 Å². The second-order valence-corrected chi connectivity index (χ2v) is 6.14. The summed E-state index contributed by atoms with van der Waals surface area (Å²) in [6, 6.07) is 0.397. The minimum Gasteiger partial charge on any atom is -0.379 e. The van der Waals surface area contributed by atoms with Gasteiger partial charge >= 0.3 is 0 Å². The molecule has 1 saturated carbocycles. The smallest absolute Gasteiger partial charge is 0.287 e. The number of hydrogen-bond donors (Lipinski definition) is 1. The first kappa shape index (κ1) is 15.4. The van der Waals surface area contributed by atoms with Gasteiger partial charge in [0, 0.05) is 12.6 Å². The first-order valence-corrected chi connectivity index (χ1v) is 8.03. The van der Waals surface area contributed by atoms with Crippen LogP contribution in [0.4, 0.5) is 5.69 Å². The van der Waals surface area contributed by atoms with Gasteiger partial charge in [-0.25, -0.2) is 4.68 Å². The van der Waals surface area contributed by atoms with Crippen LogP contribution in [0.1, 0.15) is 52.4 Å². The van der Waals surface area contributed by atoms with E-state index in [1.165, 1.54) is 23.9 Å². The number of nitrogens with zero attached hydrogens (tertiary/aromatic N) is 2. The molecule has 4 nitrogen and oxygen atoms in total. The van der Waals surface area contributed by atoms with Crippen LogP contribution in [-0.2, 0) is 6.54 Å². The summed E-state index contributed by atoms with van der Waals surface area (Å²) in [5, 5.41) is 7.91. The maximum absolute atomic E-state index is 12.1. The molecule has 0 radical (unpaired) electrons. The van der Waals surface area contributed by atoms with Crippen LogP contribution >= 0.6 is 11.6 Å². The van der Waals surface area contributed by atoms with Crippen LogP contribution in [0.3, 0.4) is 0 Å². The van der Waals surface area contributed by atoms with Gasteiger partial charge in [-0.15, -0.1) is 0 Å². The molecule has 5 heteroatoms. The molecule has 20 heavy (non-hydrogen) atoms. The van der Waals surface area contributed by atoms with Gasteiger partial charge in [0.2, 0.25) is 0 Å². The van der Waals surface area contributed by atoms with Crippen molar-refractivity contribution in [2.24, 2.45) is 5.92 Å². The molecule has 0 bridgehead atoms. The highest BCUT2D eigenvalue weighted by molar-refractivity contribution is 6.32. The second-order valence-electron chi connectivity index (χ2n) is 5.77. The Morgan fingerprint density at radius 3 is 2.90 bits per heavy atom. The average Bonchev–Trinajstić information content (AvgIpc) is 2.45. The highest BCUT2D eigenvalue weighted by Crippen LogP contribution is 2.28. The van der Waals surface area contributed by atoms with E-state index in [9.17, 15) is 4.79 Å². The Hall–Kier alpha value is -1.03. The second kappa shape index (κ2) is 7.11. The van der Waals surface area contributed by atoms with Gasteiger partial charge in [-0.3, -0.25) is 4.79 Å². The molecule has 2 rings (SSSR count). The SMILES string of the molecule is CCCCn1ncc(NC2CCCCC2C)c(Cl)c1=O. The van der Waals surface area contributed by atoms with Gasteiger partial charge in [0.1, 0.15) is 5.02 Å². The predicted molar refractivity (Wildman–Crippen MR) is 83.5 cm³/mol. The lowest BCUT2D eigenvalue weighted by Gasteiger charge is -2.30. The first-order valence-electron chi connectivity index (χ1n) is 7.65. The van der Waals surface area contributed by atoms with E-state index in [-0.39, 0.29) is 10.6 Å². The fourth-order valence-electron chi connectivity index (χ4n) is 2.76. The molecule has 0 amide bonds. The zero-order valence-electron chi connectivity index (χ0n) is 12.4.